The topological polar surface area (TPSA) is 18.5 Å². The molecule has 0 aliphatic carbocycles. The molecule has 0 radical (unpaired) electrons. The zero-order chi connectivity index (χ0) is 14.7. The molecule has 0 bridgehead atoms. The number of halogens is 1. The zero-order valence-electron chi connectivity index (χ0n) is 11.8. The predicted molar refractivity (Wildman–Crippen MR) is 93.5 cm³/mol. The molecule has 4 heteroatoms. The summed E-state index contributed by atoms with van der Waals surface area (Å²) in [5.41, 5.74) is 0.149. The Labute approximate surface area is 139 Å². The van der Waals surface area contributed by atoms with Gasteiger partial charge in [-0.2, -0.15) is 12.6 Å². The number of rotatable bonds is 4. The second kappa shape index (κ2) is 6.59. The molecule has 112 valence electrons. The molecule has 2 aromatic rings. The van der Waals surface area contributed by atoms with E-state index in [0.717, 1.165) is 42.0 Å². The summed E-state index contributed by atoms with van der Waals surface area (Å²) in [4.78, 5) is 0. The van der Waals surface area contributed by atoms with E-state index in [9.17, 15) is 0 Å². The monoisotopic (exact) mass is 366 g/mol. The maximum absolute atomic E-state index is 6.06. The van der Waals surface area contributed by atoms with Crippen LogP contribution in [-0.4, -0.2) is 25.6 Å². The Kier molecular flexibility index (Phi) is 4.77. The number of hydrogen-bond donors (Lipinski definition) is 1. The highest BCUT2D eigenvalue weighted by atomic mass is 79.9. The Bertz CT molecular complexity index is 623. The van der Waals surface area contributed by atoms with Crippen molar-refractivity contribution in [3.8, 4) is 5.75 Å². The molecule has 0 aromatic heterocycles. The number of thiol groups is 1. The molecule has 0 atom stereocenters. The van der Waals surface area contributed by atoms with Gasteiger partial charge in [-0.1, -0.05) is 28.1 Å². The van der Waals surface area contributed by atoms with Crippen molar-refractivity contribution in [2.75, 3.05) is 25.6 Å². The molecule has 1 saturated heterocycles. The summed E-state index contributed by atoms with van der Waals surface area (Å²) in [5, 5.41) is 2.41. The van der Waals surface area contributed by atoms with Gasteiger partial charge in [0, 0.05) is 23.1 Å². The second-order valence-electron chi connectivity index (χ2n) is 5.71. The lowest BCUT2D eigenvalue weighted by Gasteiger charge is -2.35. The third kappa shape index (κ3) is 3.55. The van der Waals surface area contributed by atoms with Gasteiger partial charge in [0.15, 0.2) is 0 Å². The average molecular weight is 367 g/mol. The average Bonchev–Trinajstić information content (AvgIpc) is 2.54. The van der Waals surface area contributed by atoms with Crippen LogP contribution in [0, 0.1) is 5.41 Å². The minimum Gasteiger partial charge on any atom is -0.493 e. The number of fused-ring (bicyclic) bond motifs is 1. The molecule has 1 aliphatic rings. The van der Waals surface area contributed by atoms with Gasteiger partial charge in [-0.3, -0.25) is 0 Å². The van der Waals surface area contributed by atoms with Crippen molar-refractivity contribution in [2.24, 2.45) is 5.41 Å². The molecular weight excluding hydrogens is 348 g/mol. The minimum atomic E-state index is 0.149. The van der Waals surface area contributed by atoms with Gasteiger partial charge in [-0.05, 0) is 53.6 Å². The van der Waals surface area contributed by atoms with E-state index < -0.39 is 0 Å². The smallest absolute Gasteiger partial charge is 0.119 e. The molecule has 1 fully saturated rings. The van der Waals surface area contributed by atoms with Gasteiger partial charge < -0.3 is 9.47 Å². The fraction of sp³-hybridized carbons (Fsp3) is 0.412. The van der Waals surface area contributed by atoms with Crippen LogP contribution in [0.15, 0.2) is 40.9 Å². The van der Waals surface area contributed by atoms with Crippen molar-refractivity contribution in [3.63, 3.8) is 0 Å². The molecule has 2 nitrogen and oxygen atoms in total. The highest BCUT2D eigenvalue weighted by Gasteiger charge is 2.32. The van der Waals surface area contributed by atoms with E-state index in [4.69, 9.17) is 9.47 Å². The Hall–Kier alpha value is -0.710. The van der Waals surface area contributed by atoms with E-state index >= 15 is 0 Å². The van der Waals surface area contributed by atoms with Crippen molar-refractivity contribution >= 4 is 39.3 Å². The first-order chi connectivity index (χ1) is 10.2. The number of benzene rings is 2. The van der Waals surface area contributed by atoms with Crippen LogP contribution in [0.2, 0.25) is 0 Å². The lowest BCUT2D eigenvalue weighted by Crippen LogP contribution is -2.36. The maximum atomic E-state index is 6.06. The Morgan fingerprint density at radius 1 is 1.10 bits per heavy atom. The van der Waals surface area contributed by atoms with E-state index in [0.29, 0.717) is 6.61 Å². The highest BCUT2D eigenvalue weighted by molar-refractivity contribution is 9.10. The first-order valence-electron chi connectivity index (χ1n) is 7.22. The van der Waals surface area contributed by atoms with Gasteiger partial charge in [-0.15, -0.1) is 0 Å². The highest BCUT2D eigenvalue weighted by Crippen LogP contribution is 2.33. The fourth-order valence-electron chi connectivity index (χ4n) is 2.67. The summed E-state index contributed by atoms with van der Waals surface area (Å²) >= 11 is 8.02. The molecule has 2 aromatic carbocycles. The van der Waals surface area contributed by atoms with Crippen LogP contribution in [0.1, 0.15) is 12.8 Å². The summed E-state index contributed by atoms with van der Waals surface area (Å²) in [7, 11) is 0. The van der Waals surface area contributed by atoms with E-state index in [-0.39, 0.29) is 5.41 Å². The van der Waals surface area contributed by atoms with Gasteiger partial charge in [0.2, 0.25) is 0 Å². The minimum absolute atomic E-state index is 0.149. The number of hydrogen-bond acceptors (Lipinski definition) is 3. The van der Waals surface area contributed by atoms with Gasteiger partial charge in [0.1, 0.15) is 5.75 Å². The number of ether oxygens (including phenoxy) is 2. The Morgan fingerprint density at radius 2 is 1.81 bits per heavy atom. The predicted octanol–water partition coefficient (Wildman–Crippen LogP) is 4.71. The first-order valence-corrected chi connectivity index (χ1v) is 8.64. The van der Waals surface area contributed by atoms with Crippen LogP contribution in [0.3, 0.4) is 0 Å². The Morgan fingerprint density at radius 3 is 2.57 bits per heavy atom. The van der Waals surface area contributed by atoms with Crippen molar-refractivity contribution in [2.45, 2.75) is 12.8 Å². The lowest BCUT2D eigenvalue weighted by atomic mass is 9.83. The molecule has 0 spiro atoms. The van der Waals surface area contributed by atoms with E-state index in [2.05, 4.69) is 58.9 Å². The molecule has 21 heavy (non-hydrogen) atoms. The van der Waals surface area contributed by atoms with Crippen molar-refractivity contribution in [1.82, 2.24) is 0 Å². The summed E-state index contributed by atoms with van der Waals surface area (Å²) in [6.45, 7) is 2.34. The largest absolute Gasteiger partial charge is 0.493 e. The molecule has 0 saturated carbocycles. The van der Waals surface area contributed by atoms with Crippen LogP contribution in [0.25, 0.3) is 10.8 Å². The normalized spacial score (nSPS) is 17.8. The first kappa shape index (κ1) is 15.2. The van der Waals surface area contributed by atoms with Crippen LogP contribution < -0.4 is 4.74 Å². The lowest BCUT2D eigenvalue weighted by molar-refractivity contribution is 0.00313. The third-order valence-electron chi connectivity index (χ3n) is 4.21. The van der Waals surface area contributed by atoms with E-state index in [1.807, 2.05) is 6.07 Å². The SMILES string of the molecule is SCC1(COc2ccc3cc(Br)ccc3c2)CCOCC1. The second-order valence-corrected chi connectivity index (χ2v) is 6.94. The van der Waals surface area contributed by atoms with Crippen molar-refractivity contribution in [3.05, 3.63) is 40.9 Å². The van der Waals surface area contributed by atoms with Gasteiger partial charge in [-0.25, -0.2) is 0 Å². The molecule has 0 unspecified atom stereocenters. The summed E-state index contributed by atoms with van der Waals surface area (Å²) in [6.07, 6.45) is 2.05. The van der Waals surface area contributed by atoms with Crippen LogP contribution in [-0.2, 0) is 4.74 Å². The molecule has 1 heterocycles. The summed E-state index contributed by atoms with van der Waals surface area (Å²) in [6, 6.07) is 12.5. The maximum Gasteiger partial charge on any atom is 0.119 e. The van der Waals surface area contributed by atoms with Gasteiger partial charge in [0.05, 0.1) is 6.61 Å². The summed E-state index contributed by atoms with van der Waals surface area (Å²) < 4.78 is 12.6. The Balaban J connectivity index is 1.74. The zero-order valence-corrected chi connectivity index (χ0v) is 14.3. The molecule has 0 N–H and O–H groups in total. The molecule has 3 rings (SSSR count). The molecule has 1 aliphatic heterocycles. The van der Waals surface area contributed by atoms with Crippen LogP contribution in [0.5, 0.6) is 5.75 Å². The standard InChI is InChI=1S/C17H19BrO2S/c18-15-3-1-14-10-16(4-2-13(14)9-15)20-11-17(12-21)5-7-19-8-6-17/h1-4,9-10,21H,5-8,11-12H2. The van der Waals surface area contributed by atoms with Crippen LogP contribution >= 0.6 is 28.6 Å². The quantitative estimate of drug-likeness (QED) is 0.790. The van der Waals surface area contributed by atoms with E-state index in [1.54, 1.807) is 0 Å². The fourth-order valence-corrected chi connectivity index (χ4v) is 3.46. The van der Waals surface area contributed by atoms with Crippen molar-refractivity contribution < 1.29 is 9.47 Å². The van der Waals surface area contributed by atoms with E-state index in [1.165, 1.54) is 10.8 Å². The van der Waals surface area contributed by atoms with Gasteiger partial charge in [0.25, 0.3) is 0 Å². The van der Waals surface area contributed by atoms with Crippen molar-refractivity contribution in [1.29, 1.82) is 0 Å². The third-order valence-corrected chi connectivity index (χ3v) is 5.37. The van der Waals surface area contributed by atoms with Gasteiger partial charge >= 0.3 is 0 Å². The molecular formula is C17H19BrO2S. The summed E-state index contributed by atoms with van der Waals surface area (Å²) in [5.74, 6) is 1.77. The van der Waals surface area contributed by atoms with Crippen LogP contribution in [0.4, 0.5) is 0 Å². The molecule has 0 amide bonds.